The summed E-state index contributed by atoms with van der Waals surface area (Å²) in [4.78, 5) is 4.61. The van der Waals surface area contributed by atoms with Crippen LogP contribution < -0.4 is 10.4 Å². The maximum atomic E-state index is 6.23. The van der Waals surface area contributed by atoms with Crippen molar-refractivity contribution in [1.82, 2.24) is 4.90 Å². The van der Waals surface area contributed by atoms with Gasteiger partial charge in [-0.25, -0.2) is 0 Å². The Balaban J connectivity index is 1.89. The maximum absolute atomic E-state index is 6.23. The predicted molar refractivity (Wildman–Crippen MR) is 103 cm³/mol. The molecule has 0 spiro atoms. The molecule has 0 saturated carbocycles. The van der Waals surface area contributed by atoms with Gasteiger partial charge in [-0.05, 0) is 58.9 Å². The molecule has 1 aromatic carbocycles. The van der Waals surface area contributed by atoms with Crippen LogP contribution in [0.3, 0.4) is 0 Å². The fourth-order valence-corrected chi connectivity index (χ4v) is 3.31. The zero-order valence-electron chi connectivity index (χ0n) is 16.5. The molecule has 1 aromatic rings. The lowest BCUT2D eigenvalue weighted by atomic mass is 9.78. The van der Waals surface area contributed by atoms with E-state index in [0.717, 1.165) is 38.3 Å². The molecular weight excluding hydrogens is 315 g/mol. The largest absolute Gasteiger partial charge is 0.494 e. The molecule has 0 N–H and O–H groups in total. The van der Waals surface area contributed by atoms with Crippen LogP contribution in [-0.2, 0) is 20.6 Å². The summed E-state index contributed by atoms with van der Waals surface area (Å²) in [5, 5.41) is 0. The minimum atomic E-state index is -0.317. The number of rotatable bonds is 4. The second kappa shape index (κ2) is 6.91. The van der Waals surface area contributed by atoms with Crippen LogP contribution in [0, 0.1) is 0 Å². The van der Waals surface area contributed by atoms with Gasteiger partial charge in [0.25, 0.3) is 0 Å². The van der Waals surface area contributed by atoms with Crippen LogP contribution in [0.25, 0.3) is 0 Å². The van der Waals surface area contributed by atoms with Gasteiger partial charge >= 0.3 is 7.12 Å². The molecule has 0 amide bonds. The lowest BCUT2D eigenvalue weighted by Crippen LogP contribution is -2.41. The Kier molecular flexibility index (Phi) is 5.17. The van der Waals surface area contributed by atoms with Crippen molar-refractivity contribution < 1.29 is 14.0 Å². The summed E-state index contributed by atoms with van der Waals surface area (Å²) in [7, 11) is 3.89. The van der Waals surface area contributed by atoms with E-state index in [4.69, 9.17) is 14.0 Å². The van der Waals surface area contributed by atoms with E-state index in [1.165, 1.54) is 11.3 Å². The molecule has 2 heterocycles. The van der Waals surface area contributed by atoms with Crippen molar-refractivity contribution in [1.29, 1.82) is 0 Å². The zero-order chi connectivity index (χ0) is 18.2. The number of anilines is 1. The van der Waals surface area contributed by atoms with E-state index in [0.29, 0.717) is 0 Å². The van der Waals surface area contributed by atoms with Crippen LogP contribution in [0.15, 0.2) is 18.2 Å². The third-order valence-electron chi connectivity index (χ3n) is 5.47. The quantitative estimate of drug-likeness (QED) is 0.778. The van der Waals surface area contributed by atoms with Crippen molar-refractivity contribution in [2.24, 2.45) is 0 Å². The highest BCUT2D eigenvalue weighted by atomic mass is 16.7. The van der Waals surface area contributed by atoms with Crippen molar-refractivity contribution in [3.05, 3.63) is 23.8 Å². The summed E-state index contributed by atoms with van der Waals surface area (Å²) in [6.45, 7) is 12.7. The molecule has 2 aliphatic rings. The van der Waals surface area contributed by atoms with Gasteiger partial charge in [0.2, 0.25) is 0 Å². The van der Waals surface area contributed by atoms with E-state index < -0.39 is 0 Å². The third-order valence-corrected chi connectivity index (χ3v) is 5.47. The molecule has 0 radical (unpaired) electrons. The molecule has 138 valence electrons. The summed E-state index contributed by atoms with van der Waals surface area (Å²) in [5.41, 5.74) is 3.05. The standard InChI is InChI=1S/C19H31BN2O3/c1-18(2)19(3,4)25-20(24-18)16-7-8-17(15(13-16)14-21(5)6)22-9-11-23-12-10-22/h7-8,13H,9-12,14H2,1-6H3. The van der Waals surface area contributed by atoms with Gasteiger partial charge < -0.3 is 23.8 Å². The van der Waals surface area contributed by atoms with Crippen LogP contribution >= 0.6 is 0 Å². The average molecular weight is 346 g/mol. The van der Waals surface area contributed by atoms with Gasteiger partial charge in [0.1, 0.15) is 0 Å². The summed E-state index contributed by atoms with van der Waals surface area (Å²) in [6, 6.07) is 6.60. The second-order valence-electron chi connectivity index (χ2n) is 8.31. The fraction of sp³-hybridized carbons (Fsp3) is 0.684. The summed E-state index contributed by atoms with van der Waals surface area (Å²) in [6.07, 6.45) is 0. The fourth-order valence-electron chi connectivity index (χ4n) is 3.31. The average Bonchev–Trinajstić information content (AvgIpc) is 2.76. The molecule has 25 heavy (non-hydrogen) atoms. The highest BCUT2D eigenvalue weighted by Gasteiger charge is 2.51. The van der Waals surface area contributed by atoms with Crippen molar-refractivity contribution >= 4 is 18.3 Å². The number of hydrogen-bond acceptors (Lipinski definition) is 5. The van der Waals surface area contributed by atoms with E-state index in [1.807, 2.05) is 0 Å². The van der Waals surface area contributed by atoms with Crippen LogP contribution in [-0.4, -0.2) is 63.6 Å². The number of nitrogens with zero attached hydrogens (tertiary/aromatic N) is 2. The Morgan fingerprint density at radius 1 is 1.04 bits per heavy atom. The first-order chi connectivity index (χ1) is 11.7. The third kappa shape index (κ3) is 3.87. The van der Waals surface area contributed by atoms with Gasteiger partial charge in [0.05, 0.1) is 24.4 Å². The maximum Gasteiger partial charge on any atom is 0.494 e. The monoisotopic (exact) mass is 346 g/mol. The normalized spacial score (nSPS) is 22.7. The molecule has 0 aliphatic carbocycles. The van der Waals surface area contributed by atoms with Gasteiger partial charge in [-0.3, -0.25) is 0 Å². The second-order valence-corrected chi connectivity index (χ2v) is 8.31. The molecule has 0 atom stereocenters. The van der Waals surface area contributed by atoms with Crippen LogP contribution in [0.2, 0.25) is 0 Å². The zero-order valence-corrected chi connectivity index (χ0v) is 16.5. The number of benzene rings is 1. The topological polar surface area (TPSA) is 34.2 Å². The highest BCUT2D eigenvalue weighted by molar-refractivity contribution is 6.62. The van der Waals surface area contributed by atoms with E-state index in [-0.39, 0.29) is 18.3 Å². The van der Waals surface area contributed by atoms with E-state index in [2.05, 4.69) is 69.8 Å². The van der Waals surface area contributed by atoms with Gasteiger partial charge in [-0.15, -0.1) is 0 Å². The molecule has 2 saturated heterocycles. The Morgan fingerprint density at radius 3 is 2.20 bits per heavy atom. The van der Waals surface area contributed by atoms with Crippen molar-refractivity contribution in [2.75, 3.05) is 45.3 Å². The highest BCUT2D eigenvalue weighted by Crippen LogP contribution is 2.36. The van der Waals surface area contributed by atoms with Gasteiger partial charge in [-0.1, -0.05) is 12.1 Å². The first kappa shape index (κ1) is 18.7. The molecule has 0 aromatic heterocycles. The minimum Gasteiger partial charge on any atom is -0.399 e. The summed E-state index contributed by atoms with van der Waals surface area (Å²) < 4.78 is 18.0. The molecule has 0 unspecified atom stereocenters. The van der Waals surface area contributed by atoms with Crippen LogP contribution in [0.4, 0.5) is 5.69 Å². The molecule has 3 rings (SSSR count). The van der Waals surface area contributed by atoms with Crippen LogP contribution in [0.1, 0.15) is 33.3 Å². The predicted octanol–water partition coefficient (Wildman–Crippen LogP) is 1.88. The number of morpholine rings is 1. The Labute approximate surface area is 152 Å². The van der Waals surface area contributed by atoms with E-state index in [9.17, 15) is 0 Å². The molecular formula is C19H31BN2O3. The van der Waals surface area contributed by atoms with Crippen LogP contribution in [0.5, 0.6) is 0 Å². The summed E-state index contributed by atoms with van der Waals surface area (Å²) >= 11 is 0. The van der Waals surface area contributed by atoms with Gasteiger partial charge in [-0.2, -0.15) is 0 Å². The Bertz CT molecular complexity index is 597. The van der Waals surface area contributed by atoms with Crippen molar-refractivity contribution in [3.63, 3.8) is 0 Å². The smallest absolute Gasteiger partial charge is 0.399 e. The minimum absolute atomic E-state index is 0.315. The van der Waals surface area contributed by atoms with E-state index >= 15 is 0 Å². The summed E-state index contributed by atoms with van der Waals surface area (Å²) in [5.74, 6) is 0. The van der Waals surface area contributed by atoms with Crippen molar-refractivity contribution in [2.45, 2.75) is 45.4 Å². The number of ether oxygens (including phenoxy) is 1. The van der Waals surface area contributed by atoms with Crippen molar-refractivity contribution in [3.8, 4) is 0 Å². The molecule has 5 nitrogen and oxygen atoms in total. The lowest BCUT2D eigenvalue weighted by molar-refractivity contribution is 0.00578. The molecule has 6 heteroatoms. The molecule has 0 bridgehead atoms. The van der Waals surface area contributed by atoms with E-state index in [1.54, 1.807) is 0 Å². The molecule has 2 fully saturated rings. The lowest BCUT2D eigenvalue weighted by Gasteiger charge is -2.32. The molecule has 2 aliphatic heterocycles. The first-order valence-electron chi connectivity index (χ1n) is 9.15. The van der Waals surface area contributed by atoms with Gasteiger partial charge in [0.15, 0.2) is 0 Å². The Hall–Kier alpha value is -1.08. The Morgan fingerprint density at radius 2 is 1.64 bits per heavy atom. The van der Waals surface area contributed by atoms with Gasteiger partial charge in [0, 0.05) is 25.3 Å². The first-order valence-corrected chi connectivity index (χ1v) is 9.15. The SMILES string of the molecule is CN(C)Cc1cc(B2OC(C)(C)C(C)(C)O2)ccc1N1CCOCC1. The number of hydrogen-bond donors (Lipinski definition) is 0.